The van der Waals surface area contributed by atoms with Crippen LogP contribution in [0, 0.1) is 6.92 Å². The Balaban J connectivity index is 2.29. The summed E-state index contributed by atoms with van der Waals surface area (Å²) < 4.78 is 10.6. The van der Waals surface area contributed by atoms with E-state index in [1.54, 1.807) is 26.5 Å². The van der Waals surface area contributed by atoms with Crippen LogP contribution in [0.2, 0.25) is 0 Å². The van der Waals surface area contributed by atoms with Gasteiger partial charge in [0.25, 0.3) is 5.56 Å². The average molecular weight is 303 g/mol. The molecule has 0 aromatic carbocycles. The highest BCUT2D eigenvalue weighted by Crippen LogP contribution is 2.26. The first-order chi connectivity index (χ1) is 10.6. The minimum atomic E-state index is -0.142. The molecule has 6 nitrogen and oxygen atoms in total. The summed E-state index contributed by atoms with van der Waals surface area (Å²) in [6, 6.07) is 3.64. The van der Waals surface area contributed by atoms with Crippen LogP contribution >= 0.6 is 0 Å². The van der Waals surface area contributed by atoms with Crippen molar-refractivity contribution in [3.63, 3.8) is 0 Å². The van der Waals surface area contributed by atoms with Gasteiger partial charge in [0.15, 0.2) is 0 Å². The Bertz CT molecular complexity index is 688. The van der Waals surface area contributed by atoms with E-state index < -0.39 is 0 Å². The SMILES string of the molecule is CCc1cc(NCc2c(OC)ccnc2OC)c(=O)[nH]c1C. The number of aromatic nitrogens is 2. The van der Waals surface area contributed by atoms with E-state index in [1.807, 2.05) is 13.0 Å². The van der Waals surface area contributed by atoms with Crippen LogP contribution in [0.1, 0.15) is 23.7 Å². The van der Waals surface area contributed by atoms with Crippen molar-refractivity contribution in [2.45, 2.75) is 26.8 Å². The summed E-state index contributed by atoms with van der Waals surface area (Å²) in [7, 11) is 3.14. The molecule has 0 unspecified atom stereocenters. The van der Waals surface area contributed by atoms with Gasteiger partial charge in [-0.2, -0.15) is 0 Å². The maximum absolute atomic E-state index is 12.0. The molecule has 2 aromatic rings. The predicted octanol–water partition coefficient (Wildman–Crippen LogP) is 2.27. The Morgan fingerprint density at radius 2 is 2.09 bits per heavy atom. The second-order valence-corrected chi connectivity index (χ2v) is 4.87. The molecule has 22 heavy (non-hydrogen) atoms. The molecule has 2 aromatic heterocycles. The minimum absolute atomic E-state index is 0.142. The van der Waals surface area contributed by atoms with Crippen LogP contribution < -0.4 is 20.3 Å². The smallest absolute Gasteiger partial charge is 0.271 e. The Morgan fingerprint density at radius 1 is 1.32 bits per heavy atom. The number of hydrogen-bond acceptors (Lipinski definition) is 5. The van der Waals surface area contributed by atoms with E-state index in [0.717, 1.165) is 23.2 Å². The largest absolute Gasteiger partial charge is 0.496 e. The molecule has 2 rings (SSSR count). The molecule has 0 spiro atoms. The van der Waals surface area contributed by atoms with Crippen LogP contribution in [-0.2, 0) is 13.0 Å². The number of hydrogen-bond donors (Lipinski definition) is 2. The van der Waals surface area contributed by atoms with E-state index in [-0.39, 0.29) is 5.56 Å². The molecule has 0 fully saturated rings. The number of aryl methyl sites for hydroxylation is 2. The van der Waals surface area contributed by atoms with E-state index >= 15 is 0 Å². The number of ether oxygens (including phenoxy) is 2. The Labute approximate surface area is 129 Å². The van der Waals surface area contributed by atoms with Gasteiger partial charge in [-0.3, -0.25) is 4.79 Å². The number of nitrogens with one attached hydrogen (secondary N) is 2. The first-order valence-corrected chi connectivity index (χ1v) is 7.13. The highest BCUT2D eigenvalue weighted by atomic mass is 16.5. The Hall–Kier alpha value is -2.50. The average Bonchev–Trinajstić information content (AvgIpc) is 2.53. The molecule has 6 heteroatoms. The van der Waals surface area contributed by atoms with Crippen LogP contribution in [0.3, 0.4) is 0 Å². The summed E-state index contributed by atoms with van der Waals surface area (Å²) in [6.45, 7) is 4.34. The number of rotatable bonds is 6. The molecular weight excluding hydrogens is 282 g/mol. The summed E-state index contributed by atoms with van der Waals surface area (Å²) in [4.78, 5) is 19.1. The van der Waals surface area contributed by atoms with Crippen molar-refractivity contribution in [1.29, 1.82) is 0 Å². The molecule has 118 valence electrons. The zero-order valence-corrected chi connectivity index (χ0v) is 13.3. The van der Waals surface area contributed by atoms with Crippen molar-refractivity contribution in [3.8, 4) is 11.6 Å². The topological polar surface area (TPSA) is 76.2 Å². The van der Waals surface area contributed by atoms with Gasteiger partial charge >= 0.3 is 0 Å². The van der Waals surface area contributed by atoms with Gasteiger partial charge < -0.3 is 19.8 Å². The van der Waals surface area contributed by atoms with Gasteiger partial charge in [0.05, 0.1) is 19.8 Å². The Kier molecular flexibility index (Phi) is 5.04. The van der Waals surface area contributed by atoms with Gasteiger partial charge in [0.2, 0.25) is 5.88 Å². The van der Waals surface area contributed by atoms with Crippen LogP contribution in [0.15, 0.2) is 23.1 Å². The lowest BCUT2D eigenvalue weighted by atomic mass is 10.1. The molecule has 0 bridgehead atoms. The lowest BCUT2D eigenvalue weighted by Gasteiger charge is -2.14. The van der Waals surface area contributed by atoms with E-state index in [4.69, 9.17) is 9.47 Å². The molecule has 0 atom stereocenters. The molecule has 0 radical (unpaired) electrons. The van der Waals surface area contributed by atoms with Crippen LogP contribution in [0.4, 0.5) is 5.69 Å². The first kappa shape index (κ1) is 15.9. The van der Waals surface area contributed by atoms with Gasteiger partial charge in [0.1, 0.15) is 11.4 Å². The molecule has 0 aliphatic heterocycles. The number of aromatic amines is 1. The van der Waals surface area contributed by atoms with E-state index in [2.05, 4.69) is 22.2 Å². The third kappa shape index (κ3) is 3.21. The quantitative estimate of drug-likeness (QED) is 0.856. The van der Waals surface area contributed by atoms with Crippen LogP contribution in [-0.4, -0.2) is 24.2 Å². The molecular formula is C16H21N3O3. The van der Waals surface area contributed by atoms with E-state index in [0.29, 0.717) is 23.9 Å². The van der Waals surface area contributed by atoms with Crippen LogP contribution in [0.5, 0.6) is 11.6 Å². The summed E-state index contributed by atoms with van der Waals surface area (Å²) >= 11 is 0. The van der Waals surface area contributed by atoms with Crippen molar-refractivity contribution in [2.24, 2.45) is 0 Å². The lowest BCUT2D eigenvalue weighted by Crippen LogP contribution is -2.17. The van der Waals surface area contributed by atoms with Crippen LogP contribution in [0.25, 0.3) is 0 Å². The van der Waals surface area contributed by atoms with Crippen molar-refractivity contribution in [2.75, 3.05) is 19.5 Å². The fourth-order valence-corrected chi connectivity index (χ4v) is 2.33. The predicted molar refractivity (Wildman–Crippen MR) is 85.8 cm³/mol. The second-order valence-electron chi connectivity index (χ2n) is 4.87. The molecule has 2 N–H and O–H groups in total. The maximum atomic E-state index is 12.0. The van der Waals surface area contributed by atoms with Gasteiger partial charge in [-0.1, -0.05) is 6.92 Å². The van der Waals surface area contributed by atoms with E-state index in [9.17, 15) is 4.79 Å². The first-order valence-electron chi connectivity index (χ1n) is 7.13. The van der Waals surface area contributed by atoms with Crippen molar-refractivity contribution >= 4 is 5.69 Å². The third-order valence-electron chi connectivity index (χ3n) is 3.57. The summed E-state index contributed by atoms with van der Waals surface area (Å²) in [5.74, 6) is 1.14. The number of pyridine rings is 2. The fourth-order valence-electron chi connectivity index (χ4n) is 2.33. The molecule has 0 aliphatic rings. The van der Waals surface area contributed by atoms with Crippen molar-refractivity contribution in [3.05, 3.63) is 45.5 Å². The zero-order chi connectivity index (χ0) is 16.1. The standard InChI is InChI=1S/C16H21N3O3/c1-5-11-8-13(15(20)19-10(11)2)18-9-12-14(21-3)6-7-17-16(12)22-4/h6-8,18H,5,9H2,1-4H3,(H,19,20). The summed E-state index contributed by atoms with van der Waals surface area (Å²) in [6.07, 6.45) is 2.48. The lowest BCUT2D eigenvalue weighted by molar-refractivity contribution is 0.374. The number of anilines is 1. The highest BCUT2D eigenvalue weighted by Gasteiger charge is 2.12. The minimum Gasteiger partial charge on any atom is -0.496 e. The van der Waals surface area contributed by atoms with Crippen molar-refractivity contribution < 1.29 is 9.47 Å². The third-order valence-corrected chi connectivity index (χ3v) is 3.57. The summed E-state index contributed by atoms with van der Waals surface area (Å²) in [5, 5.41) is 3.14. The molecule has 0 saturated heterocycles. The molecule has 0 saturated carbocycles. The highest BCUT2D eigenvalue weighted by molar-refractivity contribution is 5.48. The molecule has 0 aliphatic carbocycles. The summed E-state index contributed by atoms with van der Waals surface area (Å²) in [5.41, 5.74) is 3.15. The van der Waals surface area contributed by atoms with Crippen molar-refractivity contribution in [1.82, 2.24) is 9.97 Å². The maximum Gasteiger partial charge on any atom is 0.271 e. The second kappa shape index (κ2) is 6.98. The Morgan fingerprint density at radius 3 is 2.73 bits per heavy atom. The fraction of sp³-hybridized carbons (Fsp3) is 0.375. The molecule has 0 amide bonds. The molecule has 2 heterocycles. The monoisotopic (exact) mass is 303 g/mol. The van der Waals surface area contributed by atoms with Gasteiger partial charge in [-0.05, 0) is 31.0 Å². The number of H-pyrrole nitrogens is 1. The normalized spacial score (nSPS) is 10.4. The zero-order valence-electron chi connectivity index (χ0n) is 13.3. The van der Waals surface area contributed by atoms with Gasteiger partial charge in [-0.15, -0.1) is 0 Å². The van der Waals surface area contributed by atoms with Gasteiger partial charge in [0, 0.05) is 18.4 Å². The number of nitrogens with zero attached hydrogens (tertiary/aromatic N) is 1. The number of methoxy groups -OCH3 is 2. The van der Waals surface area contributed by atoms with E-state index in [1.165, 1.54) is 0 Å². The van der Waals surface area contributed by atoms with Gasteiger partial charge in [-0.25, -0.2) is 4.98 Å².